The second kappa shape index (κ2) is 9.58. The van der Waals surface area contributed by atoms with Gasteiger partial charge in [-0.25, -0.2) is 0 Å². The predicted molar refractivity (Wildman–Crippen MR) is 96.4 cm³/mol. The number of benzene rings is 2. The Hall–Kier alpha value is -3.56. The van der Waals surface area contributed by atoms with E-state index in [4.69, 9.17) is 9.47 Å². The fourth-order valence-corrected chi connectivity index (χ4v) is 2.25. The largest absolute Gasteiger partial charge is 0.496 e. The summed E-state index contributed by atoms with van der Waals surface area (Å²) in [6, 6.07) is 10.4. The van der Waals surface area contributed by atoms with Crippen molar-refractivity contribution in [3.63, 3.8) is 0 Å². The number of anilines is 1. The second-order valence-corrected chi connectivity index (χ2v) is 5.67. The molecule has 0 aliphatic heterocycles. The summed E-state index contributed by atoms with van der Waals surface area (Å²) in [6.45, 7) is -1.23. The zero-order valence-electron chi connectivity index (χ0n) is 15.2. The minimum atomic E-state index is -4.55. The van der Waals surface area contributed by atoms with Gasteiger partial charge in [-0.1, -0.05) is 18.2 Å². The van der Waals surface area contributed by atoms with Crippen molar-refractivity contribution in [1.29, 1.82) is 0 Å². The molecular weight excluding hydrogens is 393 g/mol. The molecule has 2 aromatic rings. The Bertz CT molecular complexity index is 899. The number of halogens is 3. The first-order chi connectivity index (χ1) is 13.7. The minimum Gasteiger partial charge on any atom is -0.496 e. The lowest BCUT2D eigenvalue weighted by atomic mass is 10.2. The van der Waals surface area contributed by atoms with Gasteiger partial charge in [0.05, 0.1) is 18.2 Å². The molecule has 7 nitrogen and oxygen atoms in total. The number of carbonyl (C=O) groups is 3. The average molecular weight is 410 g/mol. The highest BCUT2D eigenvalue weighted by atomic mass is 19.4. The van der Waals surface area contributed by atoms with Crippen molar-refractivity contribution in [2.24, 2.45) is 0 Å². The molecule has 0 spiro atoms. The summed E-state index contributed by atoms with van der Waals surface area (Å²) in [7, 11) is 1.39. The Morgan fingerprint density at radius 1 is 1.03 bits per heavy atom. The number of carbonyl (C=O) groups excluding carboxylic acids is 3. The Morgan fingerprint density at radius 2 is 1.76 bits per heavy atom. The molecule has 0 saturated carbocycles. The molecule has 29 heavy (non-hydrogen) atoms. The van der Waals surface area contributed by atoms with Crippen LogP contribution in [0.2, 0.25) is 0 Å². The van der Waals surface area contributed by atoms with Crippen LogP contribution in [0.5, 0.6) is 5.75 Å². The number of alkyl halides is 3. The van der Waals surface area contributed by atoms with E-state index >= 15 is 0 Å². The third kappa shape index (κ3) is 6.52. The van der Waals surface area contributed by atoms with Gasteiger partial charge in [0, 0.05) is 5.69 Å². The van der Waals surface area contributed by atoms with Crippen LogP contribution in [0, 0.1) is 0 Å². The molecule has 0 bridgehead atoms. The normalized spacial score (nSPS) is 10.8. The third-order valence-corrected chi connectivity index (χ3v) is 3.58. The number of ether oxygens (including phenoxy) is 2. The molecule has 0 unspecified atom stereocenters. The van der Waals surface area contributed by atoms with Crippen LogP contribution in [0.25, 0.3) is 0 Å². The highest BCUT2D eigenvalue weighted by Crippen LogP contribution is 2.30. The van der Waals surface area contributed by atoms with Gasteiger partial charge in [0.2, 0.25) is 0 Å². The van der Waals surface area contributed by atoms with Gasteiger partial charge >= 0.3 is 12.1 Å². The molecule has 2 rings (SSSR count). The van der Waals surface area contributed by atoms with Crippen LogP contribution in [-0.2, 0) is 20.5 Å². The molecule has 0 heterocycles. The highest BCUT2D eigenvalue weighted by molar-refractivity contribution is 5.98. The first-order valence-electron chi connectivity index (χ1n) is 8.24. The maximum absolute atomic E-state index is 12.7. The second-order valence-electron chi connectivity index (χ2n) is 5.67. The zero-order chi connectivity index (χ0) is 21.4. The SMILES string of the molecule is COc1ccccc1C(=O)NCC(=O)OCC(=O)Nc1cccc(C(F)(F)F)c1. The number of amides is 2. The van der Waals surface area contributed by atoms with Crippen LogP contribution in [-0.4, -0.2) is 38.0 Å². The Balaban J connectivity index is 1.80. The molecular formula is C19H17F3N2O5. The van der Waals surface area contributed by atoms with Crippen molar-refractivity contribution in [2.75, 3.05) is 25.6 Å². The molecule has 2 aromatic carbocycles. The van der Waals surface area contributed by atoms with E-state index in [1.165, 1.54) is 19.2 Å². The van der Waals surface area contributed by atoms with Crippen molar-refractivity contribution in [3.8, 4) is 5.75 Å². The van der Waals surface area contributed by atoms with Crippen LogP contribution >= 0.6 is 0 Å². The minimum absolute atomic E-state index is 0.0923. The molecule has 0 saturated heterocycles. The van der Waals surface area contributed by atoms with Crippen LogP contribution < -0.4 is 15.4 Å². The first-order valence-corrected chi connectivity index (χ1v) is 8.24. The number of para-hydroxylation sites is 1. The van der Waals surface area contributed by atoms with Gasteiger partial charge in [0.1, 0.15) is 12.3 Å². The zero-order valence-corrected chi connectivity index (χ0v) is 15.2. The highest BCUT2D eigenvalue weighted by Gasteiger charge is 2.30. The van der Waals surface area contributed by atoms with E-state index in [1.54, 1.807) is 18.2 Å². The number of hydrogen-bond acceptors (Lipinski definition) is 5. The van der Waals surface area contributed by atoms with Crippen molar-refractivity contribution >= 4 is 23.5 Å². The third-order valence-electron chi connectivity index (χ3n) is 3.58. The summed E-state index contributed by atoms with van der Waals surface area (Å²) in [6.07, 6.45) is -4.55. The maximum atomic E-state index is 12.7. The molecule has 2 amide bonds. The van der Waals surface area contributed by atoms with E-state index in [9.17, 15) is 27.6 Å². The van der Waals surface area contributed by atoms with E-state index in [-0.39, 0.29) is 11.3 Å². The van der Waals surface area contributed by atoms with Crippen LogP contribution in [0.4, 0.5) is 18.9 Å². The maximum Gasteiger partial charge on any atom is 0.416 e. The molecule has 0 radical (unpaired) electrons. The number of methoxy groups -OCH3 is 1. The summed E-state index contributed by atoms with van der Waals surface area (Å²) in [5.74, 6) is -1.98. The van der Waals surface area contributed by atoms with Gasteiger partial charge in [-0.05, 0) is 30.3 Å². The first kappa shape index (κ1) is 21.7. The molecule has 154 valence electrons. The summed E-state index contributed by atoms with van der Waals surface area (Å²) < 4.78 is 47.7. The molecule has 0 aliphatic rings. The van der Waals surface area contributed by atoms with Crippen LogP contribution in [0.1, 0.15) is 15.9 Å². The fourth-order valence-electron chi connectivity index (χ4n) is 2.25. The van der Waals surface area contributed by atoms with Crippen LogP contribution in [0.3, 0.4) is 0 Å². The number of hydrogen-bond donors (Lipinski definition) is 2. The van der Waals surface area contributed by atoms with E-state index < -0.39 is 42.7 Å². The quantitative estimate of drug-likeness (QED) is 0.685. The number of rotatable bonds is 7. The standard InChI is InChI=1S/C19H17F3N2O5/c1-28-15-8-3-2-7-14(15)18(27)23-10-17(26)29-11-16(25)24-13-6-4-5-12(9-13)19(20,21)22/h2-9H,10-11H2,1H3,(H,23,27)(H,24,25). The van der Waals surface area contributed by atoms with E-state index in [0.29, 0.717) is 5.75 Å². The van der Waals surface area contributed by atoms with Crippen molar-refractivity contribution in [2.45, 2.75) is 6.18 Å². The summed E-state index contributed by atoms with van der Waals surface area (Å²) in [5.41, 5.74) is -0.804. The monoisotopic (exact) mass is 410 g/mol. The lowest BCUT2D eigenvalue weighted by Crippen LogP contribution is -2.32. The lowest BCUT2D eigenvalue weighted by molar-refractivity contribution is -0.146. The molecule has 0 aromatic heterocycles. The van der Waals surface area contributed by atoms with Crippen molar-refractivity contribution < 1.29 is 37.0 Å². The summed E-state index contributed by atoms with van der Waals surface area (Å²) in [5, 5.41) is 4.52. The average Bonchev–Trinajstić information content (AvgIpc) is 2.70. The fraction of sp³-hybridized carbons (Fsp3) is 0.211. The van der Waals surface area contributed by atoms with Crippen LogP contribution in [0.15, 0.2) is 48.5 Å². The van der Waals surface area contributed by atoms with Gasteiger partial charge in [-0.3, -0.25) is 14.4 Å². The van der Waals surface area contributed by atoms with Crippen molar-refractivity contribution in [3.05, 3.63) is 59.7 Å². The molecule has 2 N–H and O–H groups in total. The van der Waals surface area contributed by atoms with E-state index in [0.717, 1.165) is 18.2 Å². The Kier molecular flexibility index (Phi) is 7.18. The number of esters is 1. The van der Waals surface area contributed by atoms with Crippen molar-refractivity contribution in [1.82, 2.24) is 5.32 Å². The van der Waals surface area contributed by atoms with Gasteiger partial charge in [-0.15, -0.1) is 0 Å². The lowest BCUT2D eigenvalue weighted by Gasteiger charge is -2.11. The van der Waals surface area contributed by atoms with Gasteiger partial charge in [-0.2, -0.15) is 13.2 Å². The molecule has 0 fully saturated rings. The molecule has 0 aliphatic carbocycles. The van der Waals surface area contributed by atoms with Gasteiger partial charge in [0.15, 0.2) is 6.61 Å². The Morgan fingerprint density at radius 3 is 2.45 bits per heavy atom. The summed E-state index contributed by atoms with van der Waals surface area (Å²) in [4.78, 5) is 35.5. The molecule has 0 atom stereocenters. The summed E-state index contributed by atoms with van der Waals surface area (Å²) >= 11 is 0. The molecule has 10 heteroatoms. The smallest absolute Gasteiger partial charge is 0.416 e. The van der Waals surface area contributed by atoms with E-state index in [2.05, 4.69) is 10.6 Å². The van der Waals surface area contributed by atoms with Gasteiger partial charge < -0.3 is 20.1 Å². The van der Waals surface area contributed by atoms with E-state index in [1.807, 2.05) is 0 Å². The van der Waals surface area contributed by atoms with Gasteiger partial charge in [0.25, 0.3) is 11.8 Å². The Labute approximate surface area is 163 Å². The number of nitrogens with one attached hydrogen (secondary N) is 2. The predicted octanol–water partition coefficient (Wildman–Crippen LogP) is 2.63. The topological polar surface area (TPSA) is 93.7 Å².